The molecule has 40 heavy (non-hydrogen) atoms. The Kier molecular flexibility index (Phi) is 4.32. The number of rotatable bonds is 2. The van der Waals surface area contributed by atoms with Gasteiger partial charge in [-0.05, 0) is 50.2 Å². The fraction of sp³-hybridized carbons (Fsp3) is 0.0256. The average molecular weight is 509 g/mol. The van der Waals surface area contributed by atoms with Crippen molar-refractivity contribution in [2.75, 3.05) is 0 Å². The Morgan fingerprint density at radius 3 is 1.70 bits per heavy atom. The zero-order valence-corrected chi connectivity index (χ0v) is 21.8. The molecule has 1 aliphatic rings. The highest BCUT2D eigenvalue weighted by atomic mass is 16.3. The maximum absolute atomic E-state index is 6.64. The van der Waals surface area contributed by atoms with E-state index in [2.05, 4.69) is 146 Å². The van der Waals surface area contributed by atoms with Crippen LogP contribution >= 0.6 is 0 Å². The Morgan fingerprint density at radius 1 is 0.400 bits per heavy atom. The van der Waals surface area contributed by atoms with Gasteiger partial charge in [-0.25, -0.2) is 0 Å². The zero-order valence-electron chi connectivity index (χ0n) is 21.8. The van der Waals surface area contributed by atoms with E-state index < -0.39 is 5.41 Å². The van der Waals surface area contributed by atoms with Gasteiger partial charge in [-0.2, -0.15) is 0 Å². The quantitative estimate of drug-likeness (QED) is 0.212. The second-order valence-corrected chi connectivity index (χ2v) is 10.8. The van der Waals surface area contributed by atoms with Crippen LogP contribution in [-0.4, -0.2) is 0 Å². The summed E-state index contributed by atoms with van der Waals surface area (Å²) in [5, 5.41) is 7.29. The van der Waals surface area contributed by atoms with Gasteiger partial charge < -0.3 is 4.42 Å². The number of hydrogen-bond acceptors (Lipinski definition) is 1. The lowest BCUT2D eigenvalue weighted by molar-refractivity contribution is 0.673. The molecule has 7 aromatic carbocycles. The second kappa shape index (κ2) is 7.94. The summed E-state index contributed by atoms with van der Waals surface area (Å²) >= 11 is 0. The third-order valence-corrected chi connectivity index (χ3v) is 8.93. The molecular weight excluding hydrogens is 484 g/mol. The highest BCUT2D eigenvalue weighted by Crippen LogP contribution is 2.59. The van der Waals surface area contributed by atoms with Crippen molar-refractivity contribution >= 4 is 43.5 Å². The van der Waals surface area contributed by atoms with Crippen LogP contribution in [0.15, 0.2) is 150 Å². The average Bonchev–Trinajstić information content (AvgIpc) is 3.57. The SMILES string of the molecule is c1ccc(C2(c3ccccc3)c3ccccc3-c3c2ccc2c4oc5ccccc5c4c4ccccc4c32)cc1. The van der Waals surface area contributed by atoms with Gasteiger partial charge in [0.05, 0.1) is 5.41 Å². The summed E-state index contributed by atoms with van der Waals surface area (Å²) in [6, 6.07) is 52.9. The van der Waals surface area contributed by atoms with Gasteiger partial charge in [0.25, 0.3) is 0 Å². The van der Waals surface area contributed by atoms with E-state index in [0.29, 0.717) is 0 Å². The summed E-state index contributed by atoms with van der Waals surface area (Å²) in [5.41, 5.74) is 9.26. The topological polar surface area (TPSA) is 13.1 Å². The molecule has 1 aliphatic carbocycles. The Balaban J connectivity index is 1.55. The van der Waals surface area contributed by atoms with Crippen molar-refractivity contribution in [2.45, 2.75) is 5.41 Å². The lowest BCUT2D eigenvalue weighted by atomic mass is 9.67. The van der Waals surface area contributed by atoms with Crippen LogP contribution in [0.3, 0.4) is 0 Å². The van der Waals surface area contributed by atoms with E-state index in [1.807, 2.05) is 0 Å². The molecule has 0 atom stereocenters. The third kappa shape index (κ3) is 2.62. The number of hydrogen-bond donors (Lipinski definition) is 0. The van der Waals surface area contributed by atoms with Gasteiger partial charge >= 0.3 is 0 Å². The molecule has 0 radical (unpaired) electrons. The van der Waals surface area contributed by atoms with Crippen molar-refractivity contribution in [1.82, 2.24) is 0 Å². The molecule has 186 valence electrons. The molecule has 1 heterocycles. The smallest absolute Gasteiger partial charge is 0.143 e. The number of fused-ring (bicyclic) bond motifs is 12. The van der Waals surface area contributed by atoms with Gasteiger partial charge in [-0.15, -0.1) is 0 Å². The maximum atomic E-state index is 6.64. The van der Waals surface area contributed by atoms with Crippen LogP contribution in [-0.2, 0) is 5.41 Å². The van der Waals surface area contributed by atoms with Crippen LogP contribution in [0.2, 0.25) is 0 Å². The van der Waals surface area contributed by atoms with Crippen molar-refractivity contribution < 1.29 is 4.42 Å². The Hall–Kier alpha value is -5.14. The predicted octanol–water partition coefficient (Wildman–Crippen LogP) is 10.3. The highest BCUT2D eigenvalue weighted by Gasteiger charge is 2.46. The monoisotopic (exact) mass is 508 g/mol. The van der Waals surface area contributed by atoms with E-state index in [9.17, 15) is 0 Å². The van der Waals surface area contributed by atoms with Gasteiger partial charge in [0, 0.05) is 21.5 Å². The second-order valence-electron chi connectivity index (χ2n) is 10.8. The van der Waals surface area contributed by atoms with E-state index in [-0.39, 0.29) is 0 Å². The van der Waals surface area contributed by atoms with Crippen molar-refractivity contribution in [3.8, 4) is 11.1 Å². The van der Waals surface area contributed by atoms with Crippen molar-refractivity contribution in [3.05, 3.63) is 168 Å². The first-order valence-electron chi connectivity index (χ1n) is 13.9. The molecular formula is C39H24O. The third-order valence-electron chi connectivity index (χ3n) is 8.93. The van der Waals surface area contributed by atoms with Crippen molar-refractivity contribution in [2.24, 2.45) is 0 Å². The first-order chi connectivity index (χ1) is 19.9. The highest BCUT2D eigenvalue weighted by molar-refractivity contribution is 6.33. The van der Waals surface area contributed by atoms with Gasteiger partial charge in [0.15, 0.2) is 0 Å². The summed E-state index contributed by atoms with van der Waals surface area (Å²) in [6.07, 6.45) is 0. The minimum atomic E-state index is -0.424. The molecule has 1 aromatic heterocycles. The first-order valence-corrected chi connectivity index (χ1v) is 13.9. The molecule has 0 bridgehead atoms. The predicted molar refractivity (Wildman–Crippen MR) is 166 cm³/mol. The molecule has 0 saturated carbocycles. The Labute approximate surface area is 231 Å². The molecule has 0 fully saturated rings. The molecule has 8 aromatic rings. The van der Waals surface area contributed by atoms with E-state index in [1.165, 1.54) is 60.3 Å². The van der Waals surface area contributed by atoms with E-state index >= 15 is 0 Å². The van der Waals surface area contributed by atoms with Crippen LogP contribution in [0.5, 0.6) is 0 Å². The summed E-state index contributed by atoms with van der Waals surface area (Å²) in [6.45, 7) is 0. The van der Waals surface area contributed by atoms with Crippen LogP contribution < -0.4 is 0 Å². The molecule has 1 nitrogen and oxygen atoms in total. The Bertz CT molecular complexity index is 2220. The number of furan rings is 1. The minimum Gasteiger partial charge on any atom is -0.455 e. The molecule has 0 spiro atoms. The van der Waals surface area contributed by atoms with Crippen molar-refractivity contribution in [3.63, 3.8) is 0 Å². The molecule has 9 rings (SSSR count). The first kappa shape index (κ1) is 21.8. The summed E-state index contributed by atoms with van der Waals surface area (Å²) < 4.78 is 6.64. The van der Waals surface area contributed by atoms with Crippen LogP contribution in [0.25, 0.3) is 54.6 Å². The molecule has 0 aliphatic heterocycles. The zero-order chi connectivity index (χ0) is 26.3. The normalized spacial score (nSPS) is 13.7. The number of benzene rings is 7. The maximum Gasteiger partial charge on any atom is 0.143 e. The van der Waals surface area contributed by atoms with Gasteiger partial charge in [-0.1, -0.05) is 140 Å². The molecule has 0 saturated heterocycles. The van der Waals surface area contributed by atoms with Gasteiger partial charge in [0.2, 0.25) is 0 Å². The van der Waals surface area contributed by atoms with Crippen LogP contribution in [0.4, 0.5) is 0 Å². The standard InChI is InChI=1S/C39H24O/c1-3-13-25(14-4-1)39(26-15-5-2-6-16-26)32-21-11-9-19-29(32)37-33(39)24-23-31-35(37)27-17-7-8-18-28(27)36-30-20-10-12-22-34(30)40-38(31)36/h1-24H. The van der Waals surface area contributed by atoms with Gasteiger partial charge in [-0.3, -0.25) is 0 Å². The van der Waals surface area contributed by atoms with Crippen LogP contribution in [0, 0.1) is 0 Å². The molecule has 1 heteroatoms. The summed E-state index contributed by atoms with van der Waals surface area (Å²) in [5.74, 6) is 0. The summed E-state index contributed by atoms with van der Waals surface area (Å²) in [4.78, 5) is 0. The van der Waals surface area contributed by atoms with Crippen LogP contribution in [0.1, 0.15) is 22.3 Å². The summed E-state index contributed by atoms with van der Waals surface area (Å²) in [7, 11) is 0. The van der Waals surface area contributed by atoms with Crippen molar-refractivity contribution in [1.29, 1.82) is 0 Å². The Morgan fingerprint density at radius 2 is 0.975 bits per heavy atom. The van der Waals surface area contributed by atoms with E-state index in [0.717, 1.165) is 16.6 Å². The van der Waals surface area contributed by atoms with E-state index in [4.69, 9.17) is 4.42 Å². The molecule has 0 amide bonds. The molecule has 0 N–H and O–H groups in total. The lowest BCUT2D eigenvalue weighted by Gasteiger charge is -2.34. The van der Waals surface area contributed by atoms with E-state index in [1.54, 1.807) is 0 Å². The number of para-hydroxylation sites is 1. The minimum absolute atomic E-state index is 0.424. The van der Waals surface area contributed by atoms with Gasteiger partial charge in [0.1, 0.15) is 11.2 Å². The lowest BCUT2D eigenvalue weighted by Crippen LogP contribution is -2.28. The fourth-order valence-corrected chi connectivity index (χ4v) is 7.42. The molecule has 0 unspecified atom stereocenters. The largest absolute Gasteiger partial charge is 0.455 e. The fourth-order valence-electron chi connectivity index (χ4n) is 7.42.